The number of piperidine rings is 1. The van der Waals surface area contributed by atoms with Crippen molar-refractivity contribution in [3.8, 4) is 0 Å². The van der Waals surface area contributed by atoms with Gasteiger partial charge >= 0.3 is 0 Å². The van der Waals surface area contributed by atoms with Crippen LogP contribution in [0, 0.1) is 10.1 Å². The van der Waals surface area contributed by atoms with E-state index in [1.54, 1.807) is 12.1 Å². The van der Waals surface area contributed by atoms with Crippen molar-refractivity contribution in [1.82, 2.24) is 4.98 Å². The van der Waals surface area contributed by atoms with Crippen LogP contribution in [0.25, 0.3) is 11.1 Å². The van der Waals surface area contributed by atoms with Crippen molar-refractivity contribution >= 4 is 22.8 Å². The van der Waals surface area contributed by atoms with Gasteiger partial charge in [0, 0.05) is 25.2 Å². The largest absolute Gasteiger partial charge is 0.423 e. The zero-order valence-electron chi connectivity index (χ0n) is 10.3. The molecule has 7 nitrogen and oxygen atoms in total. The number of oxazole rings is 1. The first-order chi connectivity index (χ1) is 9.15. The number of nitro benzene ring substituents is 1. The normalized spacial score (nSPS) is 19.8. The van der Waals surface area contributed by atoms with Crippen molar-refractivity contribution in [2.75, 3.05) is 18.0 Å². The lowest BCUT2D eigenvalue weighted by atomic mass is 10.1. The molecule has 2 heterocycles. The Hall–Kier alpha value is -2.15. The second-order valence-corrected chi connectivity index (χ2v) is 4.73. The molecule has 0 radical (unpaired) electrons. The zero-order valence-corrected chi connectivity index (χ0v) is 10.3. The molecule has 2 aromatic rings. The van der Waals surface area contributed by atoms with Crippen LogP contribution in [0.15, 0.2) is 22.6 Å². The van der Waals surface area contributed by atoms with Gasteiger partial charge in [0.25, 0.3) is 11.7 Å². The molecule has 0 saturated carbocycles. The van der Waals surface area contributed by atoms with Crippen molar-refractivity contribution in [2.24, 2.45) is 5.73 Å². The summed E-state index contributed by atoms with van der Waals surface area (Å²) in [5.41, 5.74) is 6.61. The standard InChI is InChI=1S/C12H14N4O3/c13-8-3-2-6-15(7-8)12-14-11-9(16(17)18)4-1-5-10(11)19-12/h1,4-5,8H,2-3,6-7,13H2/t8-/m1/s1. The number of benzene rings is 1. The van der Waals surface area contributed by atoms with Crippen LogP contribution in [0.5, 0.6) is 0 Å². The van der Waals surface area contributed by atoms with Gasteiger partial charge in [0.1, 0.15) is 0 Å². The van der Waals surface area contributed by atoms with Crippen molar-refractivity contribution in [3.63, 3.8) is 0 Å². The minimum atomic E-state index is -0.448. The van der Waals surface area contributed by atoms with Gasteiger partial charge < -0.3 is 15.1 Å². The fraction of sp³-hybridized carbons (Fsp3) is 0.417. The van der Waals surface area contributed by atoms with E-state index < -0.39 is 4.92 Å². The zero-order chi connectivity index (χ0) is 13.4. The molecule has 1 saturated heterocycles. The average molecular weight is 262 g/mol. The van der Waals surface area contributed by atoms with E-state index in [0.717, 1.165) is 19.4 Å². The second kappa shape index (κ2) is 4.51. The van der Waals surface area contributed by atoms with E-state index in [1.165, 1.54) is 6.07 Å². The molecule has 1 aliphatic heterocycles. The van der Waals surface area contributed by atoms with Gasteiger partial charge in [-0.1, -0.05) is 6.07 Å². The maximum Gasteiger partial charge on any atom is 0.298 e. The predicted octanol–water partition coefficient (Wildman–Crippen LogP) is 1.66. The summed E-state index contributed by atoms with van der Waals surface area (Å²) in [5.74, 6) is 0. The van der Waals surface area contributed by atoms with Crippen molar-refractivity contribution in [3.05, 3.63) is 28.3 Å². The van der Waals surface area contributed by atoms with Gasteiger partial charge in [0.2, 0.25) is 0 Å². The molecule has 1 fully saturated rings. The third kappa shape index (κ3) is 2.12. The highest BCUT2D eigenvalue weighted by Gasteiger charge is 2.23. The van der Waals surface area contributed by atoms with E-state index in [1.807, 2.05) is 4.90 Å². The lowest BCUT2D eigenvalue weighted by Crippen LogP contribution is -2.42. The van der Waals surface area contributed by atoms with Crippen LogP contribution < -0.4 is 10.6 Å². The molecule has 0 unspecified atom stereocenters. The van der Waals surface area contributed by atoms with Crippen LogP contribution in [0.1, 0.15) is 12.8 Å². The van der Waals surface area contributed by atoms with E-state index in [2.05, 4.69) is 4.98 Å². The molecular weight excluding hydrogens is 248 g/mol. The molecule has 1 aromatic heterocycles. The minimum absolute atomic E-state index is 0.0335. The maximum absolute atomic E-state index is 10.9. The lowest BCUT2D eigenvalue weighted by molar-refractivity contribution is -0.383. The number of nitrogens with zero attached hydrogens (tertiary/aromatic N) is 3. The van der Waals surface area contributed by atoms with Gasteiger partial charge in [-0.15, -0.1) is 0 Å². The molecule has 0 amide bonds. The first-order valence-electron chi connectivity index (χ1n) is 6.19. The Morgan fingerprint density at radius 2 is 2.37 bits per heavy atom. The molecule has 7 heteroatoms. The number of fused-ring (bicyclic) bond motifs is 1. The van der Waals surface area contributed by atoms with Gasteiger partial charge in [-0.05, 0) is 18.9 Å². The third-order valence-corrected chi connectivity index (χ3v) is 3.31. The average Bonchev–Trinajstić information content (AvgIpc) is 2.82. The minimum Gasteiger partial charge on any atom is -0.423 e. The van der Waals surface area contributed by atoms with E-state index in [9.17, 15) is 10.1 Å². The van der Waals surface area contributed by atoms with Gasteiger partial charge in [-0.25, -0.2) is 0 Å². The number of aromatic nitrogens is 1. The predicted molar refractivity (Wildman–Crippen MR) is 70.1 cm³/mol. The van der Waals surface area contributed by atoms with Crippen LogP contribution >= 0.6 is 0 Å². The molecular formula is C12H14N4O3. The van der Waals surface area contributed by atoms with E-state index >= 15 is 0 Å². The molecule has 0 bridgehead atoms. The highest BCUT2D eigenvalue weighted by atomic mass is 16.6. The summed E-state index contributed by atoms with van der Waals surface area (Å²) in [6.07, 6.45) is 1.96. The molecule has 0 spiro atoms. The Morgan fingerprint density at radius 1 is 1.53 bits per heavy atom. The van der Waals surface area contributed by atoms with E-state index in [-0.39, 0.29) is 11.7 Å². The Balaban J connectivity index is 2.01. The maximum atomic E-state index is 10.9. The topological polar surface area (TPSA) is 98.4 Å². The number of rotatable bonds is 2. The van der Waals surface area contributed by atoms with Crippen LogP contribution in [0.3, 0.4) is 0 Å². The Kier molecular flexibility index (Phi) is 2.83. The van der Waals surface area contributed by atoms with Crippen molar-refractivity contribution in [2.45, 2.75) is 18.9 Å². The Bertz CT molecular complexity index is 624. The van der Waals surface area contributed by atoms with Crippen LogP contribution in [-0.2, 0) is 0 Å². The van der Waals surface area contributed by atoms with Gasteiger partial charge in [-0.2, -0.15) is 4.98 Å². The van der Waals surface area contributed by atoms with E-state index in [0.29, 0.717) is 23.7 Å². The molecule has 1 aromatic carbocycles. The summed E-state index contributed by atoms with van der Waals surface area (Å²) in [6.45, 7) is 1.48. The Morgan fingerprint density at radius 3 is 3.11 bits per heavy atom. The van der Waals surface area contributed by atoms with Gasteiger partial charge in [0.05, 0.1) is 4.92 Å². The van der Waals surface area contributed by atoms with Crippen molar-refractivity contribution in [1.29, 1.82) is 0 Å². The smallest absolute Gasteiger partial charge is 0.298 e. The first kappa shape index (κ1) is 11.9. The number of nitrogens with two attached hydrogens (primary N) is 1. The summed E-state index contributed by atoms with van der Waals surface area (Å²) >= 11 is 0. The van der Waals surface area contributed by atoms with Crippen LogP contribution in [0.2, 0.25) is 0 Å². The molecule has 100 valence electrons. The highest BCUT2D eigenvalue weighted by molar-refractivity contribution is 5.84. The number of hydrogen-bond donors (Lipinski definition) is 1. The molecule has 3 rings (SSSR count). The third-order valence-electron chi connectivity index (χ3n) is 3.31. The molecule has 0 aliphatic carbocycles. The van der Waals surface area contributed by atoms with Gasteiger partial charge in [-0.3, -0.25) is 10.1 Å². The van der Waals surface area contributed by atoms with Crippen LogP contribution in [0.4, 0.5) is 11.7 Å². The fourth-order valence-electron chi connectivity index (χ4n) is 2.39. The summed E-state index contributed by atoms with van der Waals surface area (Å²) in [4.78, 5) is 16.7. The number of para-hydroxylation sites is 1. The Labute approximate surface area is 109 Å². The first-order valence-corrected chi connectivity index (χ1v) is 6.19. The van der Waals surface area contributed by atoms with Crippen molar-refractivity contribution < 1.29 is 9.34 Å². The summed E-state index contributed by atoms with van der Waals surface area (Å²) in [6, 6.07) is 5.22. The number of non-ortho nitro benzene ring substituents is 1. The molecule has 1 atom stereocenters. The fourth-order valence-corrected chi connectivity index (χ4v) is 2.39. The van der Waals surface area contributed by atoms with Gasteiger partial charge in [0.15, 0.2) is 11.1 Å². The second-order valence-electron chi connectivity index (χ2n) is 4.73. The molecule has 19 heavy (non-hydrogen) atoms. The highest BCUT2D eigenvalue weighted by Crippen LogP contribution is 2.29. The lowest BCUT2D eigenvalue weighted by Gasteiger charge is -2.29. The monoisotopic (exact) mass is 262 g/mol. The quantitative estimate of drug-likeness (QED) is 0.652. The summed E-state index contributed by atoms with van der Waals surface area (Å²) < 4.78 is 5.60. The van der Waals surface area contributed by atoms with Crippen LogP contribution in [-0.4, -0.2) is 29.0 Å². The summed E-state index contributed by atoms with van der Waals surface area (Å²) in [7, 11) is 0. The van der Waals surface area contributed by atoms with E-state index in [4.69, 9.17) is 10.2 Å². The molecule has 2 N–H and O–H groups in total. The number of anilines is 1. The SMILES string of the molecule is N[C@@H]1CCCN(c2nc3c([N+](=O)[O-])cccc3o2)C1. The number of hydrogen-bond acceptors (Lipinski definition) is 6. The number of nitro groups is 1. The molecule has 1 aliphatic rings. The summed E-state index contributed by atoms with van der Waals surface area (Å²) in [5, 5.41) is 10.9.